The summed E-state index contributed by atoms with van der Waals surface area (Å²) in [6.45, 7) is 1.49. The number of benzene rings is 1. The summed E-state index contributed by atoms with van der Waals surface area (Å²) >= 11 is 0. The average molecular weight is 176 g/mol. The van der Waals surface area contributed by atoms with Crippen LogP contribution in [0.15, 0.2) is 23.2 Å². The first-order chi connectivity index (χ1) is 6.18. The van der Waals surface area contributed by atoms with Crippen molar-refractivity contribution in [2.45, 2.75) is 6.92 Å². The van der Waals surface area contributed by atoms with Crippen LogP contribution in [0.4, 0.5) is 11.4 Å². The Balaban J connectivity index is 2.50. The average Bonchev–Trinajstić information content (AvgIpc) is 2.47. The molecule has 0 radical (unpaired) electrons. The Morgan fingerprint density at radius 3 is 3.00 bits per heavy atom. The minimum Gasteiger partial charge on any atom is -0.623 e. The van der Waals surface area contributed by atoms with E-state index in [9.17, 15) is 10.0 Å². The second-order valence-electron chi connectivity index (χ2n) is 2.91. The van der Waals surface area contributed by atoms with Gasteiger partial charge in [-0.15, -0.1) is 0 Å². The molecule has 4 heteroatoms. The predicted molar refractivity (Wildman–Crippen MR) is 48.6 cm³/mol. The molecule has 1 aromatic rings. The number of Topliss-reactive ketones (excluding diaryl/α,β-unsaturated/α-hetero) is 1. The van der Waals surface area contributed by atoms with Gasteiger partial charge in [0, 0.05) is 11.6 Å². The molecule has 66 valence electrons. The minimum absolute atomic E-state index is 0.0163. The van der Waals surface area contributed by atoms with Crippen molar-refractivity contribution in [3.05, 3.63) is 29.0 Å². The van der Waals surface area contributed by atoms with Gasteiger partial charge in [-0.25, -0.2) is 0 Å². The zero-order valence-electron chi connectivity index (χ0n) is 7.07. The van der Waals surface area contributed by atoms with Crippen LogP contribution in [0.2, 0.25) is 0 Å². The Hall–Kier alpha value is -1.52. The van der Waals surface area contributed by atoms with Crippen molar-refractivity contribution in [3.63, 3.8) is 0 Å². The molecule has 1 heterocycles. The fourth-order valence-electron chi connectivity index (χ4n) is 1.26. The molecule has 13 heavy (non-hydrogen) atoms. The van der Waals surface area contributed by atoms with Crippen molar-refractivity contribution < 1.29 is 9.86 Å². The van der Waals surface area contributed by atoms with E-state index in [1.807, 2.05) is 0 Å². The second-order valence-corrected chi connectivity index (χ2v) is 2.91. The molecule has 0 fully saturated rings. The lowest BCUT2D eigenvalue weighted by atomic mass is 10.1. The molecular weight excluding hydrogens is 168 g/mol. The topological polar surface area (TPSA) is 56.9 Å². The van der Waals surface area contributed by atoms with Crippen molar-refractivity contribution in [1.29, 1.82) is 0 Å². The highest BCUT2D eigenvalue weighted by Crippen LogP contribution is 2.24. The third-order valence-corrected chi connectivity index (χ3v) is 1.99. The lowest BCUT2D eigenvalue weighted by Crippen LogP contribution is -2.99. The van der Waals surface area contributed by atoms with Crippen molar-refractivity contribution in [1.82, 2.24) is 0 Å². The van der Waals surface area contributed by atoms with E-state index < -0.39 is 0 Å². The van der Waals surface area contributed by atoms with E-state index in [4.69, 9.17) is 0 Å². The normalized spacial score (nSPS) is 18.8. The highest BCUT2D eigenvalue weighted by Gasteiger charge is 2.15. The third-order valence-electron chi connectivity index (χ3n) is 1.99. The van der Waals surface area contributed by atoms with Gasteiger partial charge < -0.3 is 5.21 Å². The Bertz CT molecular complexity index is 399. The van der Waals surface area contributed by atoms with E-state index in [1.165, 1.54) is 13.3 Å². The van der Waals surface area contributed by atoms with E-state index >= 15 is 0 Å². The molecule has 1 aromatic carbocycles. The van der Waals surface area contributed by atoms with Crippen LogP contribution in [-0.4, -0.2) is 12.1 Å². The molecule has 1 atom stereocenters. The molecule has 0 saturated carbocycles. The van der Waals surface area contributed by atoms with E-state index in [0.717, 1.165) is 0 Å². The van der Waals surface area contributed by atoms with Crippen molar-refractivity contribution in [2.75, 3.05) is 0 Å². The maximum absolute atomic E-state index is 11.1. The molecular formula is C9H8N2O2. The Morgan fingerprint density at radius 2 is 2.31 bits per heavy atom. The number of carbonyl (C=O) groups excluding carboxylic acids is 1. The molecule has 4 nitrogen and oxygen atoms in total. The van der Waals surface area contributed by atoms with Gasteiger partial charge in [-0.3, -0.25) is 9.86 Å². The number of aliphatic imine (C=N–C) groups is 1. The van der Waals surface area contributed by atoms with Gasteiger partial charge in [-0.05, 0) is 19.1 Å². The van der Waals surface area contributed by atoms with Gasteiger partial charge in [0.2, 0.25) is 0 Å². The molecule has 0 saturated heterocycles. The van der Waals surface area contributed by atoms with Crippen LogP contribution in [0.25, 0.3) is 0 Å². The van der Waals surface area contributed by atoms with Crippen LogP contribution in [0.3, 0.4) is 0 Å². The zero-order valence-corrected chi connectivity index (χ0v) is 7.07. The number of fused-ring (bicyclic) bond motifs is 1. The van der Waals surface area contributed by atoms with Gasteiger partial charge in [0.05, 0.1) is 0 Å². The van der Waals surface area contributed by atoms with E-state index in [0.29, 0.717) is 16.9 Å². The Labute approximate surface area is 75.1 Å². The van der Waals surface area contributed by atoms with Gasteiger partial charge in [0.15, 0.2) is 17.8 Å². The van der Waals surface area contributed by atoms with Crippen LogP contribution in [0.5, 0.6) is 0 Å². The van der Waals surface area contributed by atoms with Crippen LogP contribution in [0.1, 0.15) is 17.3 Å². The molecule has 1 N–H and O–H groups in total. The fourth-order valence-corrected chi connectivity index (χ4v) is 1.26. The third kappa shape index (κ3) is 1.26. The number of rotatable bonds is 1. The Morgan fingerprint density at radius 1 is 1.54 bits per heavy atom. The van der Waals surface area contributed by atoms with Crippen molar-refractivity contribution in [2.24, 2.45) is 4.99 Å². The fraction of sp³-hybridized carbons (Fsp3) is 0.111. The largest absolute Gasteiger partial charge is 0.623 e. The quantitative estimate of drug-likeness (QED) is 0.502. The van der Waals surface area contributed by atoms with E-state index in [1.54, 1.807) is 18.2 Å². The van der Waals surface area contributed by atoms with Gasteiger partial charge in [0.1, 0.15) is 5.69 Å². The summed E-state index contributed by atoms with van der Waals surface area (Å²) in [6, 6.07) is 4.92. The number of hydrogen-bond donors (Lipinski definition) is 1. The van der Waals surface area contributed by atoms with Crippen LogP contribution in [0, 0.1) is 5.21 Å². The first kappa shape index (κ1) is 8.10. The van der Waals surface area contributed by atoms with Crippen LogP contribution < -0.4 is 5.06 Å². The first-order valence-corrected chi connectivity index (χ1v) is 3.92. The van der Waals surface area contributed by atoms with E-state index in [2.05, 4.69) is 4.99 Å². The van der Waals surface area contributed by atoms with Gasteiger partial charge in [-0.2, -0.15) is 4.99 Å². The molecule has 1 unspecified atom stereocenters. The molecule has 2 rings (SSSR count). The highest BCUT2D eigenvalue weighted by atomic mass is 16.5. The molecule has 1 aliphatic heterocycles. The number of carbonyl (C=O) groups is 1. The minimum atomic E-state index is -0.0925. The summed E-state index contributed by atoms with van der Waals surface area (Å²) in [4.78, 5) is 14.9. The Kier molecular flexibility index (Phi) is 1.72. The lowest BCUT2D eigenvalue weighted by molar-refractivity contribution is -0.655. The molecule has 0 aliphatic carbocycles. The second kappa shape index (κ2) is 2.76. The van der Waals surface area contributed by atoms with Crippen LogP contribution >= 0.6 is 0 Å². The maximum atomic E-state index is 11.1. The number of hydroxylamine groups is 1. The molecule has 0 aromatic heterocycles. The highest BCUT2D eigenvalue weighted by molar-refractivity contribution is 5.96. The SMILES string of the molecule is CC(=O)c1ccc2c(c1)N=C[NH+]2[O-]. The number of hydrogen-bond acceptors (Lipinski definition) is 3. The van der Waals surface area contributed by atoms with Gasteiger partial charge >= 0.3 is 0 Å². The number of ketones is 1. The van der Waals surface area contributed by atoms with Gasteiger partial charge in [-0.1, -0.05) is 0 Å². The molecule has 1 aliphatic rings. The molecule has 0 spiro atoms. The monoisotopic (exact) mass is 176 g/mol. The smallest absolute Gasteiger partial charge is 0.194 e. The van der Waals surface area contributed by atoms with E-state index in [-0.39, 0.29) is 10.8 Å². The number of nitrogens with one attached hydrogen (secondary N) is 1. The molecule has 0 amide bonds. The summed E-state index contributed by atoms with van der Waals surface area (Å²) in [5, 5.41) is 11.0. The number of quaternary nitrogens is 1. The summed E-state index contributed by atoms with van der Waals surface area (Å²) in [7, 11) is 0. The van der Waals surface area contributed by atoms with Crippen molar-refractivity contribution in [3.8, 4) is 0 Å². The first-order valence-electron chi connectivity index (χ1n) is 3.92. The predicted octanol–water partition coefficient (Wildman–Crippen LogP) is 0.577. The van der Waals surface area contributed by atoms with Crippen LogP contribution in [-0.2, 0) is 0 Å². The van der Waals surface area contributed by atoms with Crippen molar-refractivity contribution >= 4 is 23.5 Å². The summed E-state index contributed by atoms with van der Waals surface area (Å²) in [5.41, 5.74) is 1.76. The lowest BCUT2D eigenvalue weighted by Gasteiger charge is -2.10. The number of nitrogens with zero attached hydrogens (tertiary/aromatic N) is 1. The summed E-state index contributed by atoms with van der Waals surface area (Å²) < 4.78 is 0. The van der Waals surface area contributed by atoms with Gasteiger partial charge in [0.25, 0.3) is 0 Å². The summed E-state index contributed by atoms with van der Waals surface area (Å²) in [5.74, 6) is -0.0163. The molecule has 0 bridgehead atoms. The standard InChI is InChI=1S/C9H8N2O2/c1-6(12)7-2-3-9-8(4-7)10-5-11(9)13/h2-5,11H,1H3. The zero-order chi connectivity index (χ0) is 9.42. The maximum Gasteiger partial charge on any atom is 0.194 e. The summed E-state index contributed by atoms with van der Waals surface area (Å²) in [6.07, 6.45) is 1.27.